The van der Waals surface area contributed by atoms with Crippen LogP contribution in [-0.2, 0) is 0 Å². The number of hydrogen-bond donors (Lipinski definition) is 0. The number of thiophene rings is 1. The van der Waals surface area contributed by atoms with Crippen LogP contribution in [0.4, 0.5) is 17.1 Å². The molecule has 10 aromatic rings. The van der Waals surface area contributed by atoms with Gasteiger partial charge in [-0.15, -0.1) is 11.3 Å². The van der Waals surface area contributed by atoms with E-state index in [-0.39, 0.29) is 0 Å². The maximum atomic E-state index is 6.21. The second-order valence-electron chi connectivity index (χ2n) is 11.7. The Morgan fingerprint density at radius 3 is 1.80 bits per heavy atom. The zero-order valence-corrected chi connectivity index (χ0v) is 25.0. The summed E-state index contributed by atoms with van der Waals surface area (Å²) in [4.78, 5) is 2.39. The van der Waals surface area contributed by atoms with E-state index in [4.69, 9.17) is 4.42 Å². The highest BCUT2D eigenvalue weighted by atomic mass is 32.1. The summed E-state index contributed by atoms with van der Waals surface area (Å²) in [5.74, 6) is 0. The van der Waals surface area contributed by atoms with Crippen molar-refractivity contribution in [1.29, 1.82) is 0 Å². The van der Waals surface area contributed by atoms with Crippen molar-refractivity contribution in [2.75, 3.05) is 4.90 Å². The maximum absolute atomic E-state index is 6.21. The Hall–Kier alpha value is -5.64. The summed E-state index contributed by atoms with van der Waals surface area (Å²) in [5, 5.41) is 12.4. The van der Waals surface area contributed by atoms with Crippen LogP contribution in [0.5, 0.6) is 0 Å². The van der Waals surface area contributed by atoms with Gasteiger partial charge in [0.05, 0.1) is 0 Å². The topological polar surface area (TPSA) is 16.4 Å². The minimum Gasteiger partial charge on any atom is -0.456 e. The zero-order valence-electron chi connectivity index (χ0n) is 24.2. The van der Waals surface area contributed by atoms with Crippen molar-refractivity contribution < 1.29 is 4.42 Å². The van der Waals surface area contributed by atoms with Gasteiger partial charge in [-0.1, -0.05) is 97.1 Å². The lowest BCUT2D eigenvalue weighted by atomic mass is 9.96. The van der Waals surface area contributed by atoms with E-state index < -0.39 is 0 Å². The SMILES string of the molecule is c1ccc2c(c1)ccc1c3cc(N(c4ccc5c(c4)sc4ccccc45)c4ccc5oc6ccccc6c5c4)ccc3ccc21. The molecule has 0 N–H and O–H groups in total. The number of anilines is 3. The van der Waals surface area contributed by atoms with Gasteiger partial charge in [-0.3, -0.25) is 0 Å². The fourth-order valence-electron chi connectivity index (χ4n) is 7.10. The molecule has 8 aromatic carbocycles. The molecule has 0 saturated heterocycles. The fraction of sp³-hybridized carbons (Fsp3) is 0. The number of fused-ring (bicyclic) bond motifs is 11. The Labute approximate surface area is 263 Å². The second-order valence-corrected chi connectivity index (χ2v) is 12.8. The normalized spacial score (nSPS) is 12.0. The molecular weight excluding hydrogens is 567 g/mol. The summed E-state index contributed by atoms with van der Waals surface area (Å²) in [6, 6.07) is 55.0. The van der Waals surface area contributed by atoms with Gasteiger partial charge < -0.3 is 9.32 Å². The Balaban J connectivity index is 1.24. The number of benzene rings is 8. The highest BCUT2D eigenvalue weighted by Gasteiger charge is 2.18. The Kier molecular flexibility index (Phi) is 5.19. The lowest BCUT2D eigenvalue weighted by Gasteiger charge is -2.26. The Bertz CT molecular complexity index is 2790. The summed E-state index contributed by atoms with van der Waals surface area (Å²) in [5.41, 5.74) is 5.16. The molecular formula is C42H25NOS. The van der Waals surface area contributed by atoms with E-state index in [0.29, 0.717) is 0 Å². The van der Waals surface area contributed by atoms with Crippen LogP contribution in [-0.4, -0.2) is 0 Å². The number of para-hydroxylation sites is 1. The van der Waals surface area contributed by atoms with Gasteiger partial charge in [-0.05, 0) is 86.9 Å². The molecule has 0 spiro atoms. The van der Waals surface area contributed by atoms with Gasteiger partial charge in [-0.25, -0.2) is 0 Å². The van der Waals surface area contributed by atoms with Gasteiger partial charge in [0.25, 0.3) is 0 Å². The minimum absolute atomic E-state index is 0.899. The van der Waals surface area contributed by atoms with Crippen molar-refractivity contribution in [2.24, 2.45) is 0 Å². The van der Waals surface area contributed by atoms with Crippen LogP contribution in [0.2, 0.25) is 0 Å². The van der Waals surface area contributed by atoms with Crippen LogP contribution in [0.25, 0.3) is 74.4 Å². The van der Waals surface area contributed by atoms with Gasteiger partial charge in [0, 0.05) is 48.0 Å². The molecule has 0 saturated carbocycles. The van der Waals surface area contributed by atoms with E-state index in [2.05, 4.69) is 144 Å². The van der Waals surface area contributed by atoms with Crippen molar-refractivity contribution in [2.45, 2.75) is 0 Å². The van der Waals surface area contributed by atoms with Crippen LogP contribution >= 0.6 is 11.3 Å². The molecule has 210 valence electrons. The summed E-state index contributed by atoms with van der Waals surface area (Å²) in [6.07, 6.45) is 0. The Morgan fingerprint density at radius 1 is 0.356 bits per heavy atom. The lowest BCUT2D eigenvalue weighted by molar-refractivity contribution is 0.669. The highest BCUT2D eigenvalue weighted by Crippen LogP contribution is 2.43. The number of nitrogens with zero attached hydrogens (tertiary/aromatic N) is 1. The van der Waals surface area contributed by atoms with Crippen molar-refractivity contribution in [3.8, 4) is 0 Å². The molecule has 0 bridgehead atoms. The van der Waals surface area contributed by atoms with Gasteiger partial charge in [0.1, 0.15) is 11.2 Å². The predicted molar refractivity (Wildman–Crippen MR) is 194 cm³/mol. The standard InChI is InChI=1S/C42H25NOS/c1-2-8-31-26(7-1)14-20-33-32(31)19-15-27-13-16-28(23-37(27)33)43(29-18-22-40-38(24-29)34-9-3-5-11-39(34)44-40)30-17-21-36-35-10-4-6-12-41(35)45-42(36)25-30/h1-25H. The van der Waals surface area contributed by atoms with E-state index in [1.807, 2.05) is 23.5 Å². The minimum atomic E-state index is 0.899. The number of rotatable bonds is 3. The third-order valence-electron chi connectivity index (χ3n) is 9.22. The monoisotopic (exact) mass is 591 g/mol. The molecule has 45 heavy (non-hydrogen) atoms. The predicted octanol–water partition coefficient (Wildman–Crippen LogP) is 12.9. The first-order valence-electron chi connectivity index (χ1n) is 15.3. The van der Waals surface area contributed by atoms with Crippen LogP contribution in [0.1, 0.15) is 0 Å². The summed E-state index contributed by atoms with van der Waals surface area (Å²) in [7, 11) is 0. The molecule has 0 atom stereocenters. The van der Waals surface area contributed by atoms with Gasteiger partial charge in [0.2, 0.25) is 0 Å². The van der Waals surface area contributed by atoms with Crippen LogP contribution in [0.15, 0.2) is 156 Å². The van der Waals surface area contributed by atoms with Crippen LogP contribution < -0.4 is 4.90 Å². The fourth-order valence-corrected chi connectivity index (χ4v) is 8.24. The molecule has 2 heterocycles. The number of furan rings is 1. The third-order valence-corrected chi connectivity index (χ3v) is 10.4. The first-order chi connectivity index (χ1) is 22.3. The van der Waals surface area contributed by atoms with E-state index >= 15 is 0 Å². The van der Waals surface area contributed by atoms with Crippen molar-refractivity contribution in [3.63, 3.8) is 0 Å². The largest absolute Gasteiger partial charge is 0.456 e. The average Bonchev–Trinajstić information content (AvgIpc) is 3.66. The quantitative estimate of drug-likeness (QED) is 0.190. The van der Waals surface area contributed by atoms with E-state index in [9.17, 15) is 0 Å². The summed E-state index contributed by atoms with van der Waals surface area (Å²) >= 11 is 1.85. The summed E-state index contributed by atoms with van der Waals surface area (Å²) < 4.78 is 8.81. The van der Waals surface area contributed by atoms with Crippen molar-refractivity contribution >= 4 is 103 Å². The van der Waals surface area contributed by atoms with Gasteiger partial charge in [-0.2, -0.15) is 0 Å². The summed E-state index contributed by atoms with van der Waals surface area (Å²) in [6.45, 7) is 0. The lowest BCUT2D eigenvalue weighted by Crippen LogP contribution is -2.09. The molecule has 10 rings (SSSR count). The van der Waals surface area contributed by atoms with Crippen LogP contribution in [0, 0.1) is 0 Å². The molecule has 2 aromatic heterocycles. The number of hydrogen-bond acceptors (Lipinski definition) is 3. The maximum Gasteiger partial charge on any atom is 0.135 e. The molecule has 0 unspecified atom stereocenters. The third kappa shape index (κ3) is 3.75. The molecule has 3 heteroatoms. The molecule has 0 amide bonds. The van der Waals surface area contributed by atoms with E-state index in [1.165, 1.54) is 52.5 Å². The average molecular weight is 592 g/mol. The van der Waals surface area contributed by atoms with E-state index in [1.54, 1.807) is 0 Å². The van der Waals surface area contributed by atoms with E-state index in [0.717, 1.165) is 39.0 Å². The molecule has 0 aliphatic heterocycles. The molecule has 0 fully saturated rings. The highest BCUT2D eigenvalue weighted by molar-refractivity contribution is 7.25. The zero-order chi connectivity index (χ0) is 29.5. The van der Waals surface area contributed by atoms with Gasteiger partial charge in [0.15, 0.2) is 0 Å². The van der Waals surface area contributed by atoms with Crippen LogP contribution in [0.3, 0.4) is 0 Å². The van der Waals surface area contributed by atoms with Crippen molar-refractivity contribution in [3.05, 3.63) is 152 Å². The van der Waals surface area contributed by atoms with Gasteiger partial charge >= 0.3 is 0 Å². The molecule has 0 aliphatic carbocycles. The Morgan fingerprint density at radius 2 is 0.911 bits per heavy atom. The molecule has 2 nitrogen and oxygen atoms in total. The second kappa shape index (κ2) is 9.43. The smallest absolute Gasteiger partial charge is 0.135 e. The van der Waals surface area contributed by atoms with Crippen molar-refractivity contribution in [1.82, 2.24) is 0 Å². The molecule has 0 radical (unpaired) electrons. The first kappa shape index (κ1) is 24.8. The first-order valence-corrected chi connectivity index (χ1v) is 16.1. The molecule has 0 aliphatic rings.